The highest BCUT2D eigenvalue weighted by molar-refractivity contribution is 5.95. The van der Waals surface area contributed by atoms with Gasteiger partial charge in [0.05, 0.1) is 0 Å². The highest BCUT2D eigenvalue weighted by atomic mass is 16.2. The SMILES string of the molecule is CCC(C)(C)NC(=O)c1ccc(NC(=O)NCC(C)C)cc1. The molecule has 5 nitrogen and oxygen atoms in total. The number of rotatable bonds is 6. The molecule has 0 fully saturated rings. The van der Waals surface area contributed by atoms with Crippen LogP contribution in [0.25, 0.3) is 0 Å². The number of anilines is 1. The Morgan fingerprint density at radius 2 is 1.73 bits per heavy atom. The van der Waals surface area contributed by atoms with E-state index in [2.05, 4.69) is 16.0 Å². The smallest absolute Gasteiger partial charge is 0.319 e. The normalized spacial score (nSPS) is 11.2. The zero-order valence-corrected chi connectivity index (χ0v) is 14.1. The lowest BCUT2D eigenvalue weighted by atomic mass is 10.0. The molecular weight excluding hydrogens is 278 g/mol. The maximum Gasteiger partial charge on any atom is 0.319 e. The molecule has 0 aliphatic rings. The van der Waals surface area contributed by atoms with E-state index in [-0.39, 0.29) is 17.5 Å². The molecule has 0 heterocycles. The highest BCUT2D eigenvalue weighted by Gasteiger charge is 2.18. The predicted molar refractivity (Wildman–Crippen MR) is 90.1 cm³/mol. The van der Waals surface area contributed by atoms with E-state index >= 15 is 0 Å². The summed E-state index contributed by atoms with van der Waals surface area (Å²) in [5.41, 5.74) is 1.01. The quantitative estimate of drug-likeness (QED) is 0.754. The molecule has 0 spiro atoms. The summed E-state index contributed by atoms with van der Waals surface area (Å²) in [6.07, 6.45) is 0.856. The predicted octanol–water partition coefficient (Wildman–Crippen LogP) is 3.38. The Morgan fingerprint density at radius 3 is 2.23 bits per heavy atom. The average molecular weight is 305 g/mol. The van der Waals surface area contributed by atoms with Crippen molar-refractivity contribution in [3.8, 4) is 0 Å². The van der Waals surface area contributed by atoms with Crippen molar-refractivity contribution in [1.29, 1.82) is 0 Å². The van der Waals surface area contributed by atoms with E-state index in [4.69, 9.17) is 0 Å². The molecule has 122 valence electrons. The van der Waals surface area contributed by atoms with Crippen LogP contribution in [-0.4, -0.2) is 24.0 Å². The van der Waals surface area contributed by atoms with E-state index in [1.807, 2.05) is 34.6 Å². The van der Waals surface area contributed by atoms with E-state index in [1.54, 1.807) is 24.3 Å². The van der Waals surface area contributed by atoms with Gasteiger partial charge in [-0.15, -0.1) is 0 Å². The molecule has 0 atom stereocenters. The van der Waals surface area contributed by atoms with Crippen LogP contribution in [0.4, 0.5) is 10.5 Å². The first-order chi connectivity index (χ1) is 10.2. The lowest BCUT2D eigenvalue weighted by Gasteiger charge is -2.24. The van der Waals surface area contributed by atoms with E-state index in [0.29, 0.717) is 23.7 Å². The molecule has 22 heavy (non-hydrogen) atoms. The molecule has 0 aliphatic heterocycles. The molecule has 0 saturated carbocycles. The molecule has 3 amide bonds. The second-order valence-electron chi connectivity index (χ2n) is 6.50. The third kappa shape index (κ3) is 6.16. The fourth-order valence-corrected chi connectivity index (χ4v) is 1.64. The number of hydrogen-bond donors (Lipinski definition) is 3. The minimum atomic E-state index is -0.238. The molecular formula is C17H27N3O2. The minimum Gasteiger partial charge on any atom is -0.347 e. The Bertz CT molecular complexity index is 507. The second kappa shape index (κ2) is 7.82. The van der Waals surface area contributed by atoms with E-state index < -0.39 is 0 Å². The van der Waals surface area contributed by atoms with Crippen molar-refractivity contribution in [3.63, 3.8) is 0 Å². The maximum atomic E-state index is 12.1. The van der Waals surface area contributed by atoms with Crippen molar-refractivity contribution < 1.29 is 9.59 Å². The van der Waals surface area contributed by atoms with E-state index in [1.165, 1.54) is 0 Å². The number of nitrogens with one attached hydrogen (secondary N) is 3. The molecule has 1 aromatic rings. The van der Waals surface area contributed by atoms with E-state index in [0.717, 1.165) is 6.42 Å². The summed E-state index contributed by atoms with van der Waals surface area (Å²) in [7, 11) is 0. The van der Waals surface area contributed by atoms with Gasteiger partial charge in [-0.05, 0) is 50.5 Å². The third-order valence-electron chi connectivity index (χ3n) is 3.41. The summed E-state index contributed by atoms with van der Waals surface area (Å²) >= 11 is 0. The van der Waals surface area contributed by atoms with Gasteiger partial charge >= 0.3 is 6.03 Å². The topological polar surface area (TPSA) is 70.2 Å². The summed E-state index contributed by atoms with van der Waals surface area (Å²) in [4.78, 5) is 23.8. The molecule has 5 heteroatoms. The fraction of sp³-hybridized carbons (Fsp3) is 0.529. The molecule has 0 aliphatic carbocycles. The van der Waals surface area contributed by atoms with Gasteiger partial charge in [-0.1, -0.05) is 20.8 Å². The molecule has 0 bridgehead atoms. The minimum absolute atomic E-state index is 0.109. The van der Waals surface area contributed by atoms with Gasteiger partial charge in [-0.3, -0.25) is 4.79 Å². The zero-order valence-electron chi connectivity index (χ0n) is 14.1. The van der Waals surface area contributed by atoms with Crippen molar-refractivity contribution in [2.45, 2.75) is 46.6 Å². The third-order valence-corrected chi connectivity index (χ3v) is 3.41. The van der Waals surface area contributed by atoms with Crippen molar-refractivity contribution in [3.05, 3.63) is 29.8 Å². The van der Waals surface area contributed by atoms with Gasteiger partial charge in [0, 0.05) is 23.3 Å². The molecule has 1 aromatic carbocycles. The van der Waals surface area contributed by atoms with Crippen molar-refractivity contribution in [1.82, 2.24) is 10.6 Å². The molecule has 0 saturated heterocycles. The molecule has 0 radical (unpaired) electrons. The first kappa shape index (κ1) is 18.0. The number of amides is 3. The fourth-order valence-electron chi connectivity index (χ4n) is 1.64. The zero-order chi connectivity index (χ0) is 16.8. The van der Waals surface area contributed by atoms with Gasteiger partial charge in [0.25, 0.3) is 5.91 Å². The van der Waals surface area contributed by atoms with Crippen LogP contribution in [0.5, 0.6) is 0 Å². The first-order valence-electron chi connectivity index (χ1n) is 7.71. The lowest BCUT2D eigenvalue weighted by Crippen LogP contribution is -2.42. The standard InChI is InChI=1S/C17H27N3O2/c1-6-17(4,5)20-15(21)13-7-9-14(10-8-13)19-16(22)18-11-12(2)3/h7-10,12H,6,11H2,1-5H3,(H,20,21)(H2,18,19,22). The largest absolute Gasteiger partial charge is 0.347 e. The summed E-state index contributed by atoms with van der Waals surface area (Å²) in [6.45, 7) is 10.7. The van der Waals surface area contributed by atoms with Crippen LogP contribution in [0.15, 0.2) is 24.3 Å². The van der Waals surface area contributed by atoms with Crippen molar-refractivity contribution >= 4 is 17.6 Å². The number of benzene rings is 1. The van der Waals surface area contributed by atoms with Crippen LogP contribution in [0.2, 0.25) is 0 Å². The van der Waals surface area contributed by atoms with Crippen LogP contribution in [0.1, 0.15) is 51.4 Å². The van der Waals surface area contributed by atoms with Crippen LogP contribution >= 0.6 is 0 Å². The Balaban J connectivity index is 2.59. The number of carbonyl (C=O) groups is 2. The average Bonchev–Trinajstić information content (AvgIpc) is 2.45. The van der Waals surface area contributed by atoms with Gasteiger partial charge in [0.15, 0.2) is 0 Å². The van der Waals surface area contributed by atoms with Crippen LogP contribution in [-0.2, 0) is 0 Å². The number of hydrogen-bond acceptors (Lipinski definition) is 2. The number of urea groups is 1. The molecule has 0 unspecified atom stereocenters. The molecule has 0 aromatic heterocycles. The molecule has 3 N–H and O–H groups in total. The summed E-state index contributed by atoms with van der Waals surface area (Å²) in [6, 6.07) is 6.63. The Hall–Kier alpha value is -2.04. The summed E-state index contributed by atoms with van der Waals surface area (Å²) in [5, 5.41) is 8.49. The van der Waals surface area contributed by atoms with Crippen molar-refractivity contribution in [2.75, 3.05) is 11.9 Å². The van der Waals surface area contributed by atoms with Gasteiger partial charge in [0.1, 0.15) is 0 Å². The van der Waals surface area contributed by atoms with Crippen LogP contribution < -0.4 is 16.0 Å². The summed E-state index contributed by atoms with van der Waals surface area (Å²) < 4.78 is 0. The second-order valence-corrected chi connectivity index (χ2v) is 6.50. The monoisotopic (exact) mass is 305 g/mol. The lowest BCUT2D eigenvalue weighted by molar-refractivity contribution is 0.0911. The summed E-state index contributed by atoms with van der Waals surface area (Å²) in [5.74, 6) is 0.293. The number of carbonyl (C=O) groups excluding carboxylic acids is 2. The van der Waals surface area contributed by atoms with E-state index in [9.17, 15) is 9.59 Å². The van der Waals surface area contributed by atoms with Gasteiger partial charge in [-0.25, -0.2) is 4.79 Å². The Kier molecular flexibility index (Phi) is 6.40. The van der Waals surface area contributed by atoms with Crippen molar-refractivity contribution in [2.24, 2.45) is 5.92 Å². The highest BCUT2D eigenvalue weighted by Crippen LogP contribution is 2.12. The first-order valence-corrected chi connectivity index (χ1v) is 7.71. The molecule has 1 rings (SSSR count). The van der Waals surface area contributed by atoms with Gasteiger partial charge in [-0.2, -0.15) is 0 Å². The Labute approximate surface area is 132 Å². The van der Waals surface area contributed by atoms with Gasteiger partial charge in [0.2, 0.25) is 0 Å². The van der Waals surface area contributed by atoms with Crippen LogP contribution in [0.3, 0.4) is 0 Å². The van der Waals surface area contributed by atoms with Crippen LogP contribution in [0, 0.1) is 5.92 Å². The Morgan fingerprint density at radius 1 is 1.14 bits per heavy atom. The van der Waals surface area contributed by atoms with Gasteiger partial charge < -0.3 is 16.0 Å². The maximum absolute atomic E-state index is 12.1.